The largest absolute Gasteiger partial charge is 0.365 e. The van der Waals surface area contributed by atoms with Gasteiger partial charge in [-0.15, -0.1) is 11.8 Å². The molecule has 0 bridgehead atoms. The van der Waals surface area contributed by atoms with E-state index in [9.17, 15) is 0 Å². The normalized spacial score (nSPS) is 16.4. The van der Waals surface area contributed by atoms with Gasteiger partial charge in [0.25, 0.3) is 5.89 Å². The van der Waals surface area contributed by atoms with Crippen molar-refractivity contribution in [3.05, 3.63) is 36.0 Å². The zero-order valence-electron chi connectivity index (χ0n) is 17.7. The van der Waals surface area contributed by atoms with Gasteiger partial charge in [-0.25, -0.2) is 0 Å². The minimum atomic E-state index is -0.260. The lowest BCUT2D eigenvalue weighted by molar-refractivity contribution is -0.0303. The van der Waals surface area contributed by atoms with E-state index in [1.54, 1.807) is 11.8 Å². The molecule has 3 heterocycles. The molecule has 0 saturated carbocycles. The lowest BCUT2D eigenvalue weighted by Crippen LogP contribution is -2.37. The number of rotatable bonds is 7. The van der Waals surface area contributed by atoms with Gasteiger partial charge in [-0.1, -0.05) is 24.2 Å². The molecule has 1 aliphatic rings. The van der Waals surface area contributed by atoms with Crippen LogP contribution >= 0.6 is 11.8 Å². The molecule has 0 spiro atoms. The lowest BCUT2D eigenvalue weighted by Gasteiger charge is -2.31. The number of benzene rings is 1. The Hall–Kier alpha value is -2.39. The van der Waals surface area contributed by atoms with Crippen molar-refractivity contribution in [1.82, 2.24) is 20.3 Å². The van der Waals surface area contributed by atoms with Crippen LogP contribution in [0.3, 0.4) is 0 Å². The molecule has 160 valence electrons. The van der Waals surface area contributed by atoms with Crippen molar-refractivity contribution in [1.29, 1.82) is 0 Å². The SMILES string of the molecule is CSc1ccc(-c2noc([C@@H](C)OC3CCN(c4nc(C(C)C)no4)CC3)n2)cc1. The molecule has 1 aliphatic heterocycles. The van der Waals surface area contributed by atoms with Crippen molar-refractivity contribution in [2.75, 3.05) is 24.2 Å². The molecule has 9 heteroatoms. The van der Waals surface area contributed by atoms with Gasteiger partial charge < -0.3 is 18.7 Å². The maximum Gasteiger partial charge on any atom is 0.324 e. The number of hydrogen-bond acceptors (Lipinski definition) is 9. The molecule has 1 fully saturated rings. The highest BCUT2D eigenvalue weighted by Crippen LogP contribution is 2.27. The molecule has 1 atom stereocenters. The third-order valence-electron chi connectivity index (χ3n) is 5.19. The highest BCUT2D eigenvalue weighted by Gasteiger charge is 2.27. The summed E-state index contributed by atoms with van der Waals surface area (Å²) in [6.07, 6.45) is 3.67. The van der Waals surface area contributed by atoms with Crippen LogP contribution in [0.25, 0.3) is 11.4 Å². The summed E-state index contributed by atoms with van der Waals surface area (Å²) in [5, 5.41) is 8.16. The molecule has 4 rings (SSSR count). The van der Waals surface area contributed by atoms with Crippen molar-refractivity contribution >= 4 is 17.8 Å². The molecule has 3 aromatic rings. The highest BCUT2D eigenvalue weighted by atomic mass is 32.2. The number of aromatic nitrogens is 4. The number of anilines is 1. The van der Waals surface area contributed by atoms with Crippen LogP contribution in [0.2, 0.25) is 0 Å². The van der Waals surface area contributed by atoms with Gasteiger partial charge in [-0.3, -0.25) is 0 Å². The van der Waals surface area contributed by atoms with Crippen LogP contribution < -0.4 is 4.90 Å². The summed E-state index contributed by atoms with van der Waals surface area (Å²) in [6, 6.07) is 8.71. The van der Waals surface area contributed by atoms with Crippen LogP contribution in [0.5, 0.6) is 0 Å². The van der Waals surface area contributed by atoms with Gasteiger partial charge in [0.2, 0.25) is 5.82 Å². The minimum Gasteiger partial charge on any atom is -0.365 e. The summed E-state index contributed by atoms with van der Waals surface area (Å²) in [5.41, 5.74) is 0.934. The Morgan fingerprint density at radius 2 is 1.77 bits per heavy atom. The van der Waals surface area contributed by atoms with Gasteiger partial charge in [-0.2, -0.15) is 9.97 Å². The minimum absolute atomic E-state index is 0.125. The van der Waals surface area contributed by atoms with Gasteiger partial charge >= 0.3 is 6.01 Å². The fraction of sp³-hybridized carbons (Fsp3) is 0.524. The summed E-state index contributed by atoms with van der Waals surface area (Å²) in [7, 11) is 0. The highest BCUT2D eigenvalue weighted by molar-refractivity contribution is 7.98. The van der Waals surface area contributed by atoms with E-state index in [0.29, 0.717) is 17.7 Å². The molecule has 0 radical (unpaired) electrons. The molecule has 0 N–H and O–H groups in total. The maximum atomic E-state index is 6.20. The number of thioether (sulfide) groups is 1. The Balaban J connectivity index is 1.31. The molecular formula is C21H27N5O3S. The molecule has 1 saturated heterocycles. The van der Waals surface area contributed by atoms with Gasteiger partial charge in [0.05, 0.1) is 6.10 Å². The molecule has 8 nitrogen and oxygen atoms in total. The van der Waals surface area contributed by atoms with Crippen molar-refractivity contribution in [2.24, 2.45) is 0 Å². The fourth-order valence-electron chi connectivity index (χ4n) is 3.38. The first-order valence-electron chi connectivity index (χ1n) is 10.3. The zero-order valence-corrected chi connectivity index (χ0v) is 18.6. The lowest BCUT2D eigenvalue weighted by atomic mass is 10.1. The molecular weight excluding hydrogens is 402 g/mol. The second-order valence-electron chi connectivity index (χ2n) is 7.74. The fourth-order valence-corrected chi connectivity index (χ4v) is 3.79. The predicted molar refractivity (Wildman–Crippen MR) is 115 cm³/mol. The molecule has 0 amide bonds. The van der Waals surface area contributed by atoms with Gasteiger partial charge in [0, 0.05) is 29.5 Å². The third-order valence-corrected chi connectivity index (χ3v) is 5.94. The van der Waals surface area contributed by atoms with E-state index in [-0.39, 0.29) is 18.1 Å². The first-order valence-corrected chi connectivity index (χ1v) is 11.5. The second-order valence-corrected chi connectivity index (χ2v) is 8.62. The Bertz CT molecular complexity index is 948. The van der Waals surface area contributed by atoms with Crippen LogP contribution in [-0.2, 0) is 4.74 Å². The van der Waals surface area contributed by atoms with E-state index >= 15 is 0 Å². The Kier molecular flexibility index (Phi) is 6.38. The van der Waals surface area contributed by atoms with E-state index < -0.39 is 0 Å². The van der Waals surface area contributed by atoms with E-state index in [4.69, 9.17) is 13.8 Å². The molecule has 1 aromatic carbocycles. The number of nitrogens with zero attached hydrogens (tertiary/aromatic N) is 5. The smallest absolute Gasteiger partial charge is 0.324 e. The summed E-state index contributed by atoms with van der Waals surface area (Å²) in [4.78, 5) is 12.3. The van der Waals surface area contributed by atoms with Crippen molar-refractivity contribution < 1.29 is 13.8 Å². The van der Waals surface area contributed by atoms with E-state index in [1.165, 1.54) is 4.90 Å². The average molecular weight is 430 g/mol. The van der Waals surface area contributed by atoms with Gasteiger partial charge in [0.15, 0.2) is 5.82 Å². The van der Waals surface area contributed by atoms with Gasteiger partial charge in [0.1, 0.15) is 6.10 Å². The number of ether oxygens (including phenoxy) is 1. The summed E-state index contributed by atoms with van der Waals surface area (Å²) in [6.45, 7) is 7.69. The van der Waals surface area contributed by atoms with Crippen molar-refractivity contribution in [3.63, 3.8) is 0 Å². The Morgan fingerprint density at radius 1 is 1.03 bits per heavy atom. The first-order chi connectivity index (χ1) is 14.5. The van der Waals surface area contributed by atoms with E-state index in [1.807, 2.05) is 19.1 Å². The Labute approximate surface area is 180 Å². The average Bonchev–Trinajstić information content (AvgIpc) is 3.45. The van der Waals surface area contributed by atoms with Crippen molar-refractivity contribution in [2.45, 2.75) is 56.6 Å². The summed E-state index contributed by atoms with van der Waals surface area (Å²) in [5.74, 6) is 2.08. The molecule has 0 unspecified atom stereocenters. The van der Waals surface area contributed by atoms with Crippen LogP contribution in [0.1, 0.15) is 57.3 Å². The zero-order chi connectivity index (χ0) is 21.1. The molecule has 30 heavy (non-hydrogen) atoms. The standard InChI is InChI=1S/C21H27N5O3S/c1-13(2)18-23-21(29-24-18)26-11-9-16(10-12-26)27-14(3)20-22-19(25-28-20)15-5-7-17(30-4)8-6-15/h5-8,13-14,16H,9-12H2,1-4H3/t14-/m1/s1. The molecule has 2 aromatic heterocycles. The van der Waals surface area contributed by atoms with Crippen LogP contribution in [0.4, 0.5) is 6.01 Å². The quantitative estimate of drug-likeness (QED) is 0.495. The Morgan fingerprint density at radius 3 is 2.40 bits per heavy atom. The topological polar surface area (TPSA) is 90.3 Å². The van der Waals surface area contributed by atoms with Crippen LogP contribution in [0, 0.1) is 0 Å². The van der Waals surface area contributed by atoms with E-state index in [0.717, 1.165) is 37.3 Å². The number of hydrogen-bond donors (Lipinski definition) is 0. The monoisotopic (exact) mass is 429 g/mol. The third kappa shape index (κ3) is 4.67. The molecule has 0 aliphatic carbocycles. The first kappa shape index (κ1) is 20.9. The predicted octanol–water partition coefficient (Wildman–Crippen LogP) is 4.71. The maximum absolute atomic E-state index is 6.20. The van der Waals surface area contributed by atoms with Crippen LogP contribution in [0.15, 0.2) is 38.2 Å². The number of piperidine rings is 1. The summed E-state index contributed by atoms with van der Waals surface area (Å²) < 4.78 is 17.1. The van der Waals surface area contributed by atoms with E-state index in [2.05, 4.69) is 57.4 Å². The summed E-state index contributed by atoms with van der Waals surface area (Å²) >= 11 is 1.70. The van der Waals surface area contributed by atoms with Crippen molar-refractivity contribution in [3.8, 4) is 11.4 Å². The second kappa shape index (κ2) is 9.18. The van der Waals surface area contributed by atoms with Crippen LogP contribution in [-0.4, -0.2) is 45.7 Å². The van der Waals surface area contributed by atoms with Gasteiger partial charge in [-0.05, 0) is 50.3 Å².